The van der Waals surface area contributed by atoms with Crippen molar-refractivity contribution in [2.45, 2.75) is 81.7 Å². The van der Waals surface area contributed by atoms with Gasteiger partial charge in [0, 0.05) is 11.6 Å². The minimum absolute atomic E-state index is 0.0379. The van der Waals surface area contributed by atoms with Crippen molar-refractivity contribution in [1.82, 2.24) is 20.2 Å². The average molecular weight is 402 g/mol. The van der Waals surface area contributed by atoms with E-state index in [1.807, 2.05) is 19.1 Å². The summed E-state index contributed by atoms with van der Waals surface area (Å²) in [6.07, 6.45) is 5.81. The first-order chi connectivity index (χ1) is 13.3. The van der Waals surface area contributed by atoms with Crippen molar-refractivity contribution >= 4 is 17.7 Å². The van der Waals surface area contributed by atoms with Crippen LogP contribution in [0.5, 0.6) is 0 Å². The van der Waals surface area contributed by atoms with Crippen LogP contribution < -0.4 is 11.2 Å². The summed E-state index contributed by atoms with van der Waals surface area (Å²) in [6.45, 7) is 8.43. The quantitative estimate of drug-likeness (QED) is 0.586. The Morgan fingerprint density at radius 1 is 1.18 bits per heavy atom. The molecule has 1 aliphatic carbocycles. The third-order valence-corrected chi connectivity index (χ3v) is 6.33. The molecule has 0 spiro atoms. The van der Waals surface area contributed by atoms with Crippen molar-refractivity contribution in [3.8, 4) is 11.4 Å². The molecule has 1 unspecified atom stereocenters. The fourth-order valence-electron chi connectivity index (χ4n) is 3.45. The number of nitrogens with one attached hydrogen (secondary N) is 1. The molecule has 1 fully saturated rings. The van der Waals surface area contributed by atoms with Gasteiger partial charge in [-0.25, -0.2) is 4.68 Å². The molecule has 1 aliphatic rings. The summed E-state index contributed by atoms with van der Waals surface area (Å²) in [5, 5.41) is 11.9. The van der Waals surface area contributed by atoms with Crippen LogP contribution in [0, 0.1) is 0 Å². The molecule has 0 bridgehead atoms. The van der Waals surface area contributed by atoms with Gasteiger partial charge in [-0.3, -0.25) is 4.79 Å². The van der Waals surface area contributed by atoms with E-state index in [0.29, 0.717) is 17.0 Å². The van der Waals surface area contributed by atoms with E-state index >= 15 is 0 Å². The molecule has 152 valence electrons. The van der Waals surface area contributed by atoms with Crippen LogP contribution in [-0.4, -0.2) is 32.1 Å². The van der Waals surface area contributed by atoms with Gasteiger partial charge in [0.2, 0.25) is 11.1 Å². The van der Waals surface area contributed by atoms with E-state index in [2.05, 4.69) is 48.4 Å². The molecule has 1 aromatic heterocycles. The summed E-state index contributed by atoms with van der Waals surface area (Å²) in [5.41, 5.74) is 2.26. The number of amides is 1. The highest BCUT2D eigenvalue weighted by Gasteiger charge is 2.23. The molecular weight excluding hydrogens is 370 g/mol. The zero-order valence-electron chi connectivity index (χ0n) is 17.2. The first-order valence-corrected chi connectivity index (χ1v) is 10.9. The zero-order chi connectivity index (χ0) is 20.3. The summed E-state index contributed by atoms with van der Waals surface area (Å²) in [7, 11) is 0. The summed E-state index contributed by atoms with van der Waals surface area (Å²) in [6, 6.07) is 8.52. The second-order valence-corrected chi connectivity index (χ2v) is 9.92. The van der Waals surface area contributed by atoms with Gasteiger partial charge in [-0.05, 0) is 30.7 Å². The number of nitrogens with two attached hydrogens (primary N) is 1. The van der Waals surface area contributed by atoms with Gasteiger partial charge in [0.25, 0.3) is 0 Å². The lowest BCUT2D eigenvalue weighted by molar-refractivity contribution is -0.121. The monoisotopic (exact) mass is 401 g/mol. The Balaban J connectivity index is 1.66. The molecular formula is C21H31N5OS. The number of thioether (sulfide) groups is 1. The number of nitrogen functional groups attached to an aromatic ring is 1. The number of carbonyl (C=O) groups excluding carboxylic acids is 1. The maximum Gasteiger partial charge on any atom is 0.233 e. The molecule has 1 heterocycles. The number of hydrogen-bond donors (Lipinski definition) is 2. The van der Waals surface area contributed by atoms with E-state index in [-0.39, 0.29) is 16.6 Å². The number of nitrogens with zero attached hydrogens (tertiary/aromatic N) is 3. The van der Waals surface area contributed by atoms with Crippen molar-refractivity contribution < 1.29 is 4.79 Å². The van der Waals surface area contributed by atoms with Gasteiger partial charge >= 0.3 is 0 Å². The van der Waals surface area contributed by atoms with Crippen molar-refractivity contribution in [3.63, 3.8) is 0 Å². The molecule has 0 radical (unpaired) electrons. The second kappa shape index (κ2) is 8.55. The molecule has 0 aliphatic heterocycles. The lowest BCUT2D eigenvalue weighted by atomic mass is 9.87. The number of carbonyl (C=O) groups is 1. The van der Waals surface area contributed by atoms with Crippen molar-refractivity contribution in [2.24, 2.45) is 0 Å². The zero-order valence-corrected chi connectivity index (χ0v) is 18.1. The average Bonchev–Trinajstić information content (AvgIpc) is 3.02. The Labute approximate surface area is 171 Å². The van der Waals surface area contributed by atoms with Crippen LogP contribution in [-0.2, 0) is 10.2 Å². The minimum Gasteiger partial charge on any atom is -0.352 e. The van der Waals surface area contributed by atoms with Gasteiger partial charge in [0.05, 0.1) is 5.25 Å². The molecule has 0 saturated heterocycles. The van der Waals surface area contributed by atoms with Gasteiger partial charge in [0.1, 0.15) is 0 Å². The highest BCUT2D eigenvalue weighted by atomic mass is 32.2. The Kier molecular flexibility index (Phi) is 6.33. The van der Waals surface area contributed by atoms with Crippen molar-refractivity contribution in [2.75, 3.05) is 5.84 Å². The normalized spacial score (nSPS) is 16.7. The van der Waals surface area contributed by atoms with Crippen LogP contribution in [0.1, 0.15) is 65.4 Å². The van der Waals surface area contributed by atoms with Crippen LogP contribution in [0.2, 0.25) is 0 Å². The molecule has 1 aromatic carbocycles. The number of benzene rings is 1. The number of rotatable bonds is 5. The third-order valence-electron chi connectivity index (χ3n) is 5.28. The molecule has 7 heteroatoms. The Bertz CT molecular complexity index is 803. The summed E-state index contributed by atoms with van der Waals surface area (Å²) < 4.78 is 1.47. The first kappa shape index (κ1) is 20.7. The molecule has 1 saturated carbocycles. The van der Waals surface area contributed by atoms with Crippen molar-refractivity contribution in [1.29, 1.82) is 0 Å². The fraction of sp³-hybridized carbons (Fsp3) is 0.571. The number of aromatic nitrogens is 3. The molecule has 6 nitrogen and oxygen atoms in total. The molecule has 1 atom stereocenters. The van der Waals surface area contributed by atoms with Crippen LogP contribution >= 0.6 is 11.8 Å². The minimum atomic E-state index is -0.274. The Morgan fingerprint density at radius 3 is 2.43 bits per heavy atom. The first-order valence-electron chi connectivity index (χ1n) is 10.0. The van der Waals surface area contributed by atoms with Gasteiger partial charge < -0.3 is 11.2 Å². The molecule has 3 rings (SSSR count). The van der Waals surface area contributed by atoms with E-state index in [1.54, 1.807) is 0 Å². The standard InChI is InChI=1S/C21H31N5OS/c1-14(19(27)23-17-8-6-5-7-9-17)28-20-25-24-18(26(20)22)15-10-12-16(13-11-15)21(2,3)4/h10-14,17H,5-9,22H2,1-4H3,(H,23,27). The summed E-state index contributed by atoms with van der Waals surface area (Å²) >= 11 is 1.34. The van der Waals surface area contributed by atoms with Gasteiger partial charge in [-0.1, -0.05) is 76.1 Å². The lowest BCUT2D eigenvalue weighted by Crippen LogP contribution is -2.40. The van der Waals surface area contributed by atoms with E-state index < -0.39 is 0 Å². The second-order valence-electron chi connectivity index (χ2n) is 8.61. The van der Waals surface area contributed by atoms with Crippen molar-refractivity contribution in [3.05, 3.63) is 29.8 Å². The molecule has 28 heavy (non-hydrogen) atoms. The Morgan fingerprint density at radius 2 is 1.82 bits per heavy atom. The van der Waals surface area contributed by atoms with E-state index in [0.717, 1.165) is 18.4 Å². The van der Waals surface area contributed by atoms with E-state index in [1.165, 1.54) is 41.3 Å². The molecule has 1 amide bonds. The smallest absolute Gasteiger partial charge is 0.233 e. The predicted molar refractivity (Wildman–Crippen MR) is 115 cm³/mol. The Hall–Kier alpha value is -2.02. The van der Waals surface area contributed by atoms with Crippen LogP contribution in [0.25, 0.3) is 11.4 Å². The van der Waals surface area contributed by atoms with Gasteiger partial charge in [-0.2, -0.15) is 0 Å². The van der Waals surface area contributed by atoms with Crippen LogP contribution in [0.3, 0.4) is 0 Å². The maximum absolute atomic E-state index is 12.5. The fourth-order valence-corrected chi connectivity index (χ4v) is 4.23. The third kappa shape index (κ3) is 4.87. The maximum atomic E-state index is 12.5. The largest absolute Gasteiger partial charge is 0.352 e. The summed E-state index contributed by atoms with van der Waals surface area (Å²) in [5.74, 6) is 6.87. The van der Waals surface area contributed by atoms with E-state index in [9.17, 15) is 4.79 Å². The lowest BCUT2D eigenvalue weighted by Gasteiger charge is -2.24. The van der Waals surface area contributed by atoms with E-state index in [4.69, 9.17) is 5.84 Å². The SMILES string of the molecule is CC(Sc1nnc(-c2ccc(C(C)(C)C)cc2)n1N)C(=O)NC1CCCCC1. The van der Waals surface area contributed by atoms with Gasteiger partial charge in [0.15, 0.2) is 5.82 Å². The number of hydrogen-bond acceptors (Lipinski definition) is 5. The van der Waals surface area contributed by atoms with Crippen LogP contribution in [0.15, 0.2) is 29.4 Å². The topological polar surface area (TPSA) is 85.8 Å². The highest BCUT2D eigenvalue weighted by Crippen LogP contribution is 2.28. The molecule has 2 aromatic rings. The van der Waals surface area contributed by atoms with Gasteiger partial charge in [-0.15, -0.1) is 10.2 Å². The predicted octanol–water partition coefficient (Wildman–Crippen LogP) is 3.89. The molecule has 3 N–H and O–H groups in total. The van der Waals surface area contributed by atoms with Crippen LogP contribution in [0.4, 0.5) is 0 Å². The summed E-state index contributed by atoms with van der Waals surface area (Å²) in [4.78, 5) is 12.5. The highest BCUT2D eigenvalue weighted by molar-refractivity contribution is 8.00.